The highest BCUT2D eigenvalue weighted by Gasteiger charge is 2.07. The molecular weight excluding hydrogens is 310 g/mol. The van der Waals surface area contributed by atoms with Crippen molar-refractivity contribution >= 4 is 44.5 Å². The highest BCUT2D eigenvalue weighted by Crippen LogP contribution is 2.26. The third-order valence-electron chi connectivity index (χ3n) is 1.85. The minimum Gasteiger partial charge on any atom is -0.347 e. The van der Waals surface area contributed by atoms with Gasteiger partial charge in [-0.25, -0.2) is 0 Å². The van der Waals surface area contributed by atoms with Crippen LogP contribution in [0.3, 0.4) is 0 Å². The van der Waals surface area contributed by atoms with Crippen molar-refractivity contribution in [3.05, 3.63) is 29.3 Å². The van der Waals surface area contributed by atoms with Crippen molar-refractivity contribution in [1.82, 2.24) is 5.32 Å². The van der Waals surface area contributed by atoms with Crippen LogP contribution in [0.4, 0.5) is 4.79 Å². The zero-order chi connectivity index (χ0) is 12.0. The van der Waals surface area contributed by atoms with Gasteiger partial charge in [-0.3, -0.25) is 4.79 Å². The molecule has 0 saturated carbocycles. The van der Waals surface area contributed by atoms with Crippen molar-refractivity contribution in [2.24, 2.45) is 0 Å². The van der Waals surface area contributed by atoms with Gasteiger partial charge in [0.25, 0.3) is 5.24 Å². The van der Waals surface area contributed by atoms with E-state index >= 15 is 0 Å². The quantitative estimate of drug-likeness (QED) is 0.661. The van der Waals surface area contributed by atoms with E-state index in [9.17, 15) is 4.79 Å². The Hall–Kier alpha value is -0.190. The molecule has 0 spiro atoms. The van der Waals surface area contributed by atoms with Crippen LogP contribution in [0, 0.1) is 0 Å². The molecular formula is C11H13BrClNOS. The Morgan fingerprint density at radius 3 is 2.88 bits per heavy atom. The number of alkyl halides is 1. The van der Waals surface area contributed by atoms with Gasteiger partial charge in [0.05, 0.1) is 5.02 Å². The summed E-state index contributed by atoms with van der Waals surface area (Å²) in [6.45, 7) is 2.72. The molecule has 1 N–H and O–H groups in total. The van der Waals surface area contributed by atoms with E-state index in [1.54, 1.807) is 6.07 Å². The Bertz CT molecular complexity index is 360. The SMILES string of the molecule is CC(Br)CCNC(=O)Sc1ccccc1Cl. The molecule has 1 atom stereocenters. The van der Waals surface area contributed by atoms with Crippen LogP contribution in [0.1, 0.15) is 13.3 Å². The standard InChI is InChI=1S/C11H13BrClNOS/c1-8(12)6-7-14-11(15)16-10-5-3-2-4-9(10)13/h2-5,8H,6-7H2,1H3,(H,14,15). The first-order valence-electron chi connectivity index (χ1n) is 4.94. The Labute approximate surface area is 113 Å². The molecule has 1 amide bonds. The van der Waals surface area contributed by atoms with Gasteiger partial charge >= 0.3 is 0 Å². The average molecular weight is 323 g/mol. The monoisotopic (exact) mass is 321 g/mol. The lowest BCUT2D eigenvalue weighted by Gasteiger charge is -2.06. The lowest BCUT2D eigenvalue weighted by atomic mass is 10.3. The van der Waals surface area contributed by atoms with Gasteiger partial charge in [0.15, 0.2) is 0 Å². The number of rotatable bonds is 4. The van der Waals surface area contributed by atoms with Crippen LogP contribution in [0.2, 0.25) is 5.02 Å². The number of carbonyl (C=O) groups is 1. The van der Waals surface area contributed by atoms with Crippen LogP contribution < -0.4 is 5.32 Å². The van der Waals surface area contributed by atoms with Crippen LogP contribution in [0.5, 0.6) is 0 Å². The summed E-state index contributed by atoms with van der Waals surface area (Å²) < 4.78 is 0. The summed E-state index contributed by atoms with van der Waals surface area (Å²) >= 11 is 10.5. The van der Waals surface area contributed by atoms with Crippen LogP contribution in [0.15, 0.2) is 29.2 Å². The number of benzene rings is 1. The summed E-state index contributed by atoms with van der Waals surface area (Å²) in [5.74, 6) is 0. The Kier molecular flexibility index (Phi) is 6.24. The summed E-state index contributed by atoms with van der Waals surface area (Å²) in [4.78, 5) is 12.7. The first kappa shape index (κ1) is 13.9. The van der Waals surface area contributed by atoms with Crippen molar-refractivity contribution in [3.8, 4) is 0 Å². The third kappa shape index (κ3) is 5.23. The number of hydrogen-bond donors (Lipinski definition) is 1. The number of halogens is 2. The Morgan fingerprint density at radius 1 is 1.56 bits per heavy atom. The molecule has 0 saturated heterocycles. The van der Waals surface area contributed by atoms with Gasteiger partial charge in [-0.2, -0.15) is 0 Å². The van der Waals surface area contributed by atoms with E-state index in [-0.39, 0.29) is 5.24 Å². The van der Waals surface area contributed by atoms with Crippen molar-refractivity contribution < 1.29 is 4.79 Å². The first-order valence-corrected chi connectivity index (χ1v) is 7.05. The molecule has 2 nitrogen and oxygen atoms in total. The summed E-state index contributed by atoms with van der Waals surface area (Å²) in [6.07, 6.45) is 0.912. The lowest BCUT2D eigenvalue weighted by molar-refractivity contribution is 0.260. The fraction of sp³-hybridized carbons (Fsp3) is 0.364. The largest absolute Gasteiger partial charge is 0.347 e. The van der Waals surface area contributed by atoms with E-state index in [0.29, 0.717) is 16.4 Å². The molecule has 88 valence electrons. The molecule has 0 bridgehead atoms. The highest BCUT2D eigenvalue weighted by atomic mass is 79.9. The lowest BCUT2D eigenvalue weighted by Crippen LogP contribution is -2.21. The summed E-state index contributed by atoms with van der Waals surface area (Å²) in [5, 5.41) is 3.36. The summed E-state index contributed by atoms with van der Waals surface area (Å²) in [7, 11) is 0. The second kappa shape index (κ2) is 7.20. The van der Waals surface area contributed by atoms with Gasteiger partial charge in [0.1, 0.15) is 0 Å². The predicted octanol–water partition coefficient (Wildman–Crippen LogP) is 4.32. The molecule has 0 aliphatic heterocycles. The maximum Gasteiger partial charge on any atom is 0.283 e. The molecule has 1 unspecified atom stereocenters. The fourth-order valence-electron chi connectivity index (χ4n) is 1.04. The zero-order valence-electron chi connectivity index (χ0n) is 8.87. The van der Waals surface area contributed by atoms with Crippen molar-refractivity contribution in [1.29, 1.82) is 0 Å². The van der Waals surface area contributed by atoms with Crippen LogP contribution >= 0.6 is 39.3 Å². The van der Waals surface area contributed by atoms with E-state index in [4.69, 9.17) is 11.6 Å². The van der Waals surface area contributed by atoms with Gasteiger partial charge < -0.3 is 5.32 Å². The molecule has 0 aliphatic rings. The number of hydrogen-bond acceptors (Lipinski definition) is 2. The predicted molar refractivity (Wildman–Crippen MR) is 73.7 cm³/mol. The van der Waals surface area contributed by atoms with E-state index < -0.39 is 0 Å². The molecule has 0 fully saturated rings. The molecule has 1 aromatic rings. The van der Waals surface area contributed by atoms with E-state index in [1.807, 2.05) is 25.1 Å². The summed E-state index contributed by atoms with van der Waals surface area (Å²) in [5.41, 5.74) is 0. The first-order chi connectivity index (χ1) is 7.59. The van der Waals surface area contributed by atoms with E-state index in [0.717, 1.165) is 23.1 Å². The van der Waals surface area contributed by atoms with Gasteiger partial charge in [-0.1, -0.05) is 46.6 Å². The molecule has 0 aromatic heterocycles. The number of carbonyl (C=O) groups excluding carboxylic acids is 1. The second-order valence-corrected chi connectivity index (χ2v) is 6.30. The zero-order valence-corrected chi connectivity index (χ0v) is 12.0. The fourth-order valence-corrected chi connectivity index (χ4v) is 2.20. The average Bonchev–Trinajstić information content (AvgIpc) is 2.21. The Balaban J connectivity index is 2.37. The smallest absolute Gasteiger partial charge is 0.283 e. The highest BCUT2D eigenvalue weighted by molar-refractivity contribution is 9.09. The van der Waals surface area contributed by atoms with E-state index in [2.05, 4.69) is 21.2 Å². The van der Waals surface area contributed by atoms with Crippen LogP contribution in [0.25, 0.3) is 0 Å². The maximum absolute atomic E-state index is 11.5. The Morgan fingerprint density at radius 2 is 2.25 bits per heavy atom. The molecule has 0 radical (unpaired) electrons. The molecule has 16 heavy (non-hydrogen) atoms. The number of thioether (sulfide) groups is 1. The number of nitrogens with one attached hydrogen (secondary N) is 1. The normalized spacial score (nSPS) is 12.2. The van der Waals surface area contributed by atoms with Crippen molar-refractivity contribution in [2.45, 2.75) is 23.1 Å². The molecule has 1 aromatic carbocycles. The minimum atomic E-state index is -0.0683. The molecule has 1 rings (SSSR count). The van der Waals surface area contributed by atoms with Gasteiger partial charge in [0, 0.05) is 16.3 Å². The van der Waals surface area contributed by atoms with Crippen molar-refractivity contribution in [2.75, 3.05) is 6.54 Å². The van der Waals surface area contributed by atoms with Gasteiger partial charge in [-0.15, -0.1) is 0 Å². The molecule has 0 heterocycles. The number of amides is 1. The second-order valence-electron chi connectivity index (χ2n) is 3.32. The molecule has 5 heteroatoms. The molecule has 0 aliphatic carbocycles. The minimum absolute atomic E-state index is 0.0683. The van der Waals surface area contributed by atoms with Crippen molar-refractivity contribution in [3.63, 3.8) is 0 Å². The maximum atomic E-state index is 11.5. The van der Waals surface area contributed by atoms with E-state index in [1.165, 1.54) is 0 Å². The van der Waals surface area contributed by atoms with Gasteiger partial charge in [-0.05, 0) is 30.3 Å². The van der Waals surface area contributed by atoms with Crippen LogP contribution in [-0.4, -0.2) is 16.6 Å². The topological polar surface area (TPSA) is 29.1 Å². The van der Waals surface area contributed by atoms with Gasteiger partial charge in [0.2, 0.25) is 0 Å². The van der Waals surface area contributed by atoms with Crippen LogP contribution in [-0.2, 0) is 0 Å². The summed E-state index contributed by atoms with van der Waals surface area (Å²) in [6, 6.07) is 7.32. The third-order valence-corrected chi connectivity index (χ3v) is 3.66.